The average molecular weight is 195 g/mol. The molecule has 0 atom stereocenters. The van der Waals surface area contributed by atoms with E-state index in [0.717, 1.165) is 18.3 Å². The van der Waals surface area contributed by atoms with Crippen molar-refractivity contribution in [1.82, 2.24) is 9.55 Å². The third kappa shape index (κ3) is 1.72. The Balaban J connectivity index is 2.09. The quantitative estimate of drug-likeness (QED) is 0.740. The van der Waals surface area contributed by atoms with Crippen molar-refractivity contribution in [2.75, 3.05) is 0 Å². The Kier molecular flexibility index (Phi) is 2.31. The van der Waals surface area contributed by atoms with Crippen LogP contribution >= 0.6 is 12.2 Å². The molecule has 0 radical (unpaired) electrons. The largest absolute Gasteiger partial charge is 0.387 e. The van der Waals surface area contributed by atoms with Gasteiger partial charge in [0.2, 0.25) is 0 Å². The standard InChI is InChI=1S/C9H13N3S/c10-8(13)9-11-4-5-12(9)6-7-2-1-3-7/h4-5,7H,1-3,6H2,(H2,10,13). The molecular formula is C9H13N3S. The molecule has 13 heavy (non-hydrogen) atoms. The summed E-state index contributed by atoms with van der Waals surface area (Å²) in [6.45, 7) is 1.02. The normalized spacial score (nSPS) is 16.9. The predicted octanol–water partition coefficient (Wildman–Crippen LogP) is 1.32. The second kappa shape index (κ2) is 3.46. The topological polar surface area (TPSA) is 43.8 Å². The van der Waals surface area contributed by atoms with E-state index in [1.54, 1.807) is 6.20 Å². The molecule has 0 amide bonds. The van der Waals surface area contributed by atoms with Gasteiger partial charge in [-0.1, -0.05) is 18.6 Å². The summed E-state index contributed by atoms with van der Waals surface area (Å²) in [4.78, 5) is 4.52. The van der Waals surface area contributed by atoms with Crippen molar-refractivity contribution in [3.05, 3.63) is 18.2 Å². The molecule has 1 heterocycles. The van der Waals surface area contributed by atoms with Gasteiger partial charge >= 0.3 is 0 Å². The maximum Gasteiger partial charge on any atom is 0.167 e. The molecule has 70 valence electrons. The Morgan fingerprint density at radius 2 is 2.46 bits per heavy atom. The highest BCUT2D eigenvalue weighted by atomic mass is 32.1. The van der Waals surface area contributed by atoms with Crippen LogP contribution in [0.25, 0.3) is 0 Å². The molecule has 2 rings (SSSR count). The summed E-state index contributed by atoms with van der Waals surface area (Å²) < 4.78 is 2.06. The van der Waals surface area contributed by atoms with Crippen molar-refractivity contribution < 1.29 is 0 Å². The fourth-order valence-electron chi connectivity index (χ4n) is 1.64. The number of thiocarbonyl (C=S) groups is 1. The van der Waals surface area contributed by atoms with Gasteiger partial charge in [0.1, 0.15) is 4.99 Å². The van der Waals surface area contributed by atoms with Crippen molar-refractivity contribution in [3.63, 3.8) is 0 Å². The first kappa shape index (κ1) is 8.69. The predicted molar refractivity (Wildman–Crippen MR) is 55.5 cm³/mol. The van der Waals surface area contributed by atoms with Crippen LogP contribution in [-0.4, -0.2) is 14.5 Å². The summed E-state index contributed by atoms with van der Waals surface area (Å²) in [5.74, 6) is 1.56. The number of rotatable bonds is 3. The second-order valence-corrected chi connectivity index (χ2v) is 4.00. The lowest BCUT2D eigenvalue weighted by Gasteiger charge is -2.26. The van der Waals surface area contributed by atoms with E-state index >= 15 is 0 Å². The van der Waals surface area contributed by atoms with Crippen LogP contribution in [0.15, 0.2) is 12.4 Å². The van der Waals surface area contributed by atoms with E-state index in [1.165, 1.54) is 19.3 Å². The molecule has 1 saturated carbocycles. The van der Waals surface area contributed by atoms with Gasteiger partial charge in [-0.15, -0.1) is 0 Å². The smallest absolute Gasteiger partial charge is 0.167 e. The number of nitrogens with two attached hydrogens (primary N) is 1. The van der Waals surface area contributed by atoms with Gasteiger partial charge in [0, 0.05) is 18.9 Å². The van der Waals surface area contributed by atoms with E-state index in [2.05, 4.69) is 9.55 Å². The third-order valence-corrected chi connectivity index (χ3v) is 2.80. The minimum atomic E-state index is 0.393. The lowest BCUT2D eigenvalue weighted by atomic mass is 9.85. The van der Waals surface area contributed by atoms with E-state index in [4.69, 9.17) is 18.0 Å². The van der Waals surface area contributed by atoms with Crippen LogP contribution in [-0.2, 0) is 6.54 Å². The minimum Gasteiger partial charge on any atom is -0.387 e. The van der Waals surface area contributed by atoms with Crippen LogP contribution < -0.4 is 5.73 Å². The second-order valence-electron chi connectivity index (χ2n) is 3.56. The van der Waals surface area contributed by atoms with E-state index in [-0.39, 0.29) is 0 Å². The zero-order valence-corrected chi connectivity index (χ0v) is 8.26. The van der Waals surface area contributed by atoms with Gasteiger partial charge in [0.25, 0.3) is 0 Å². The van der Waals surface area contributed by atoms with Gasteiger partial charge in [0.05, 0.1) is 0 Å². The summed E-state index contributed by atoms with van der Waals surface area (Å²) in [6, 6.07) is 0. The molecule has 4 heteroatoms. The van der Waals surface area contributed by atoms with Crippen molar-refractivity contribution in [1.29, 1.82) is 0 Å². The Morgan fingerprint density at radius 1 is 1.69 bits per heavy atom. The molecule has 0 saturated heterocycles. The number of imidazole rings is 1. The van der Waals surface area contributed by atoms with Gasteiger partial charge in [0.15, 0.2) is 5.82 Å². The lowest BCUT2D eigenvalue weighted by Crippen LogP contribution is -2.22. The van der Waals surface area contributed by atoms with Crippen LogP contribution in [0, 0.1) is 5.92 Å². The van der Waals surface area contributed by atoms with Crippen molar-refractivity contribution in [3.8, 4) is 0 Å². The third-order valence-electron chi connectivity index (χ3n) is 2.62. The molecule has 0 bridgehead atoms. The first-order chi connectivity index (χ1) is 6.27. The van der Waals surface area contributed by atoms with Gasteiger partial charge in [-0.05, 0) is 18.8 Å². The highest BCUT2D eigenvalue weighted by molar-refractivity contribution is 7.80. The van der Waals surface area contributed by atoms with E-state index < -0.39 is 0 Å². The minimum absolute atomic E-state index is 0.393. The average Bonchev–Trinajstić information content (AvgIpc) is 2.44. The van der Waals surface area contributed by atoms with Crippen molar-refractivity contribution in [2.45, 2.75) is 25.8 Å². The van der Waals surface area contributed by atoms with E-state index in [1.807, 2.05) is 6.20 Å². The Morgan fingerprint density at radius 3 is 3.00 bits per heavy atom. The maximum atomic E-state index is 5.54. The van der Waals surface area contributed by atoms with E-state index in [0.29, 0.717) is 4.99 Å². The SMILES string of the molecule is NC(=S)c1nccn1CC1CCC1. The highest BCUT2D eigenvalue weighted by Gasteiger charge is 2.19. The highest BCUT2D eigenvalue weighted by Crippen LogP contribution is 2.27. The summed E-state index contributed by atoms with van der Waals surface area (Å²) >= 11 is 4.90. The van der Waals surface area contributed by atoms with Crippen LogP contribution in [0.3, 0.4) is 0 Å². The monoisotopic (exact) mass is 195 g/mol. The van der Waals surface area contributed by atoms with Crippen molar-refractivity contribution >= 4 is 17.2 Å². The molecule has 1 aromatic heterocycles. The van der Waals surface area contributed by atoms with Crippen molar-refractivity contribution in [2.24, 2.45) is 11.7 Å². The zero-order valence-electron chi connectivity index (χ0n) is 7.44. The Bertz CT molecular complexity index is 314. The summed E-state index contributed by atoms with van der Waals surface area (Å²) in [5.41, 5.74) is 5.54. The molecule has 0 unspecified atom stereocenters. The van der Waals surface area contributed by atoms with Crippen LogP contribution in [0.2, 0.25) is 0 Å². The molecule has 1 aromatic rings. The van der Waals surface area contributed by atoms with Crippen LogP contribution in [0.4, 0.5) is 0 Å². The molecule has 1 aliphatic rings. The molecule has 2 N–H and O–H groups in total. The molecule has 3 nitrogen and oxygen atoms in total. The number of hydrogen-bond acceptors (Lipinski definition) is 2. The number of hydrogen-bond donors (Lipinski definition) is 1. The van der Waals surface area contributed by atoms with E-state index in [9.17, 15) is 0 Å². The van der Waals surface area contributed by atoms with Crippen LogP contribution in [0.1, 0.15) is 25.1 Å². The van der Waals surface area contributed by atoms with Gasteiger partial charge < -0.3 is 10.3 Å². The molecule has 1 aliphatic carbocycles. The molecule has 1 fully saturated rings. The summed E-state index contributed by atoms with van der Waals surface area (Å²) in [7, 11) is 0. The lowest BCUT2D eigenvalue weighted by molar-refractivity contribution is 0.276. The fourth-order valence-corrected chi connectivity index (χ4v) is 1.81. The molecular weight excluding hydrogens is 182 g/mol. The molecule has 0 aromatic carbocycles. The summed E-state index contributed by atoms with van der Waals surface area (Å²) in [6.07, 6.45) is 7.73. The maximum absolute atomic E-state index is 5.54. The number of aromatic nitrogens is 2. The summed E-state index contributed by atoms with van der Waals surface area (Å²) in [5, 5.41) is 0. The van der Waals surface area contributed by atoms with Gasteiger partial charge in [-0.25, -0.2) is 4.98 Å². The first-order valence-corrected chi connectivity index (χ1v) is 4.99. The van der Waals surface area contributed by atoms with Crippen LogP contribution in [0.5, 0.6) is 0 Å². The molecule has 0 aliphatic heterocycles. The Hall–Kier alpha value is -0.900. The molecule has 0 spiro atoms. The van der Waals surface area contributed by atoms with Gasteiger partial charge in [-0.2, -0.15) is 0 Å². The zero-order chi connectivity index (χ0) is 9.26. The Labute approximate surface area is 83.0 Å². The first-order valence-electron chi connectivity index (χ1n) is 4.58. The fraction of sp³-hybridized carbons (Fsp3) is 0.556. The number of nitrogens with zero attached hydrogens (tertiary/aromatic N) is 2. The van der Waals surface area contributed by atoms with Gasteiger partial charge in [-0.3, -0.25) is 0 Å².